The lowest BCUT2D eigenvalue weighted by atomic mass is 10.2. The maximum Gasteiger partial charge on any atom is 0.122 e. The van der Waals surface area contributed by atoms with Crippen molar-refractivity contribution < 1.29 is 9.84 Å². The molecule has 1 aromatic carbocycles. The van der Waals surface area contributed by atoms with Gasteiger partial charge in [-0.3, -0.25) is 0 Å². The molecule has 1 aromatic rings. The first-order chi connectivity index (χ1) is 6.65. The zero-order valence-corrected chi connectivity index (χ0v) is 8.45. The number of nitrogen functional groups attached to an aromatic ring is 1. The van der Waals surface area contributed by atoms with E-state index >= 15 is 0 Å². The first kappa shape index (κ1) is 10.7. The summed E-state index contributed by atoms with van der Waals surface area (Å²) in [5, 5.41) is 12.0. The molecular weight excluding hydrogens is 180 g/mol. The van der Waals surface area contributed by atoms with Gasteiger partial charge in [0.1, 0.15) is 5.75 Å². The number of rotatable bonds is 4. The molecule has 0 radical (unpaired) electrons. The number of aliphatic hydroxyl groups is 1. The van der Waals surface area contributed by atoms with E-state index in [0.717, 1.165) is 5.69 Å². The van der Waals surface area contributed by atoms with Crippen molar-refractivity contribution in [2.75, 3.05) is 24.8 Å². The second kappa shape index (κ2) is 4.72. The number of nitrogens with two attached hydrogens (primary N) is 1. The Morgan fingerprint density at radius 2 is 2.21 bits per heavy atom. The van der Waals surface area contributed by atoms with Crippen LogP contribution in [0, 0.1) is 0 Å². The minimum atomic E-state index is 0.00139. The minimum Gasteiger partial charge on any atom is -0.497 e. The summed E-state index contributed by atoms with van der Waals surface area (Å²) in [5.74, 6) is 0.706. The molecule has 4 nitrogen and oxygen atoms in total. The Balaban J connectivity index is 2.81. The second-order valence-corrected chi connectivity index (χ2v) is 3.22. The number of hydrogen-bond acceptors (Lipinski definition) is 4. The Kier molecular flexibility index (Phi) is 3.59. The van der Waals surface area contributed by atoms with Crippen LogP contribution in [0.3, 0.4) is 0 Å². The molecule has 1 unspecified atom stereocenters. The van der Waals surface area contributed by atoms with Gasteiger partial charge in [-0.2, -0.15) is 0 Å². The normalized spacial score (nSPS) is 12.2. The van der Waals surface area contributed by atoms with E-state index in [-0.39, 0.29) is 12.6 Å². The topological polar surface area (TPSA) is 67.5 Å². The maximum absolute atomic E-state index is 8.87. The van der Waals surface area contributed by atoms with Crippen molar-refractivity contribution in [2.24, 2.45) is 0 Å². The van der Waals surface area contributed by atoms with Crippen molar-refractivity contribution in [1.82, 2.24) is 0 Å². The fraction of sp³-hybridized carbons (Fsp3) is 0.400. The van der Waals surface area contributed by atoms with Gasteiger partial charge in [0, 0.05) is 29.5 Å². The third kappa shape index (κ3) is 2.81. The van der Waals surface area contributed by atoms with Crippen LogP contribution in [0.5, 0.6) is 5.75 Å². The molecule has 14 heavy (non-hydrogen) atoms. The summed E-state index contributed by atoms with van der Waals surface area (Å²) >= 11 is 0. The van der Waals surface area contributed by atoms with Crippen LogP contribution >= 0.6 is 0 Å². The van der Waals surface area contributed by atoms with Crippen LogP contribution in [0.4, 0.5) is 11.4 Å². The van der Waals surface area contributed by atoms with E-state index in [9.17, 15) is 0 Å². The highest BCUT2D eigenvalue weighted by Gasteiger charge is 2.02. The average molecular weight is 196 g/mol. The third-order valence-corrected chi connectivity index (χ3v) is 1.85. The molecule has 0 fully saturated rings. The van der Waals surface area contributed by atoms with E-state index in [1.165, 1.54) is 0 Å². The molecule has 0 saturated heterocycles. The number of benzene rings is 1. The Bertz CT molecular complexity index is 302. The van der Waals surface area contributed by atoms with E-state index in [0.29, 0.717) is 11.4 Å². The van der Waals surface area contributed by atoms with E-state index < -0.39 is 0 Å². The molecule has 0 aliphatic heterocycles. The van der Waals surface area contributed by atoms with E-state index in [1.54, 1.807) is 19.2 Å². The molecule has 0 saturated carbocycles. The molecule has 0 amide bonds. The van der Waals surface area contributed by atoms with Gasteiger partial charge in [0.05, 0.1) is 13.7 Å². The zero-order valence-electron chi connectivity index (χ0n) is 8.45. The van der Waals surface area contributed by atoms with Gasteiger partial charge < -0.3 is 20.9 Å². The molecule has 0 bridgehead atoms. The predicted octanol–water partition coefficient (Wildman–Crippen LogP) is 1.07. The van der Waals surface area contributed by atoms with Gasteiger partial charge in [-0.05, 0) is 13.0 Å². The second-order valence-electron chi connectivity index (χ2n) is 3.22. The van der Waals surface area contributed by atoms with Crippen LogP contribution in [-0.2, 0) is 0 Å². The predicted molar refractivity (Wildman–Crippen MR) is 57.6 cm³/mol. The highest BCUT2D eigenvalue weighted by Crippen LogP contribution is 2.22. The molecule has 1 atom stereocenters. The van der Waals surface area contributed by atoms with Crippen LogP contribution < -0.4 is 15.8 Å². The van der Waals surface area contributed by atoms with Gasteiger partial charge in [-0.15, -0.1) is 0 Å². The van der Waals surface area contributed by atoms with Gasteiger partial charge in [-0.25, -0.2) is 0 Å². The summed E-state index contributed by atoms with van der Waals surface area (Å²) in [7, 11) is 1.59. The Morgan fingerprint density at radius 1 is 1.50 bits per heavy atom. The van der Waals surface area contributed by atoms with Crippen LogP contribution in [0.15, 0.2) is 18.2 Å². The largest absolute Gasteiger partial charge is 0.497 e. The van der Waals surface area contributed by atoms with Crippen LogP contribution in [0.2, 0.25) is 0 Å². The van der Waals surface area contributed by atoms with Gasteiger partial charge in [0.2, 0.25) is 0 Å². The first-order valence-corrected chi connectivity index (χ1v) is 4.47. The Hall–Kier alpha value is -1.42. The molecular formula is C10H16N2O2. The van der Waals surface area contributed by atoms with Gasteiger partial charge in [0.15, 0.2) is 0 Å². The van der Waals surface area contributed by atoms with Crippen molar-refractivity contribution in [3.05, 3.63) is 18.2 Å². The average Bonchev–Trinajstić information content (AvgIpc) is 2.16. The lowest BCUT2D eigenvalue weighted by Crippen LogP contribution is -2.19. The minimum absolute atomic E-state index is 0.00139. The number of ether oxygens (including phenoxy) is 1. The van der Waals surface area contributed by atoms with Crippen molar-refractivity contribution in [2.45, 2.75) is 13.0 Å². The summed E-state index contributed by atoms with van der Waals surface area (Å²) < 4.78 is 5.07. The van der Waals surface area contributed by atoms with E-state index in [4.69, 9.17) is 15.6 Å². The zero-order chi connectivity index (χ0) is 10.6. The van der Waals surface area contributed by atoms with Crippen LogP contribution in [0.1, 0.15) is 6.92 Å². The molecule has 4 heteroatoms. The Labute approximate surface area is 83.7 Å². The lowest BCUT2D eigenvalue weighted by Gasteiger charge is -2.13. The summed E-state index contributed by atoms with van der Waals surface area (Å²) in [6.45, 7) is 1.97. The van der Waals surface area contributed by atoms with Crippen LogP contribution in [-0.4, -0.2) is 24.9 Å². The third-order valence-electron chi connectivity index (χ3n) is 1.85. The molecule has 1 rings (SSSR count). The SMILES string of the molecule is COc1cc(N)cc(NC(C)CO)c1. The molecule has 0 aliphatic rings. The number of hydrogen-bond donors (Lipinski definition) is 3. The number of nitrogens with one attached hydrogen (secondary N) is 1. The van der Waals surface area contributed by atoms with Crippen molar-refractivity contribution in [3.8, 4) is 5.75 Å². The Morgan fingerprint density at radius 3 is 2.79 bits per heavy atom. The van der Waals surface area contributed by atoms with Gasteiger partial charge in [-0.1, -0.05) is 0 Å². The van der Waals surface area contributed by atoms with Crippen molar-refractivity contribution in [3.63, 3.8) is 0 Å². The molecule has 0 aliphatic carbocycles. The highest BCUT2D eigenvalue weighted by molar-refractivity contribution is 5.59. The summed E-state index contributed by atoms with van der Waals surface area (Å²) in [5.41, 5.74) is 7.16. The fourth-order valence-electron chi connectivity index (χ4n) is 1.15. The number of anilines is 2. The summed E-state index contributed by atoms with van der Waals surface area (Å²) in [4.78, 5) is 0. The first-order valence-electron chi connectivity index (χ1n) is 4.47. The molecule has 78 valence electrons. The maximum atomic E-state index is 8.87. The number of methoxy groups -OCH3 is 1. The monoisotopic (exact) mass is 196 g/mol. The van der Waals surface area contributed by atoms with Gasteiger partial charge >= 0.3 is 0 Å². The molecule has 0 heterocycles. The lowest BCUT2D eigenvalue weighted by molar-refractivity contribution is 0.281. The molecule has 0 spiro atoms. The summed E-state index contributed by atoms with van der Waals surface area (Å²) in [6.07, 6.45) is 0. The van der Waals surface area contributed by atoms with Crippen molar-refractivity contribution >= 4 is 11.4 Å². The highest BCUT2D eigenvalue weighted by atomic mass is 16.5. The smallest absolute Gasteiger partial charge is 0.122 e. The molecule has 4 N–H and O–H groups in total. The van der Waals surface area contributed by atoms with E-state index in [1.807, 2.05) is 13.0 Å². The van der Waals surface area contributed by atoms with Crippen LogP contribution in [0.25, 0.3) is 0 Å². The van der Waals surface area contributed by atoms with Crippen molar-refractivity contribution in [1.29, 1.82) is 0 Å². The molecule has 0 aromatic heterocycles. The number of aliphatic hydroxyl groups excluding tert-OH is 1. The summed E-state index contributed by atoms with van der Waals surface area (Å²) in [6, 6.07) is 5.38. The quantitative estimate of drug-likeness (QED) is 0.630. The standard InChI is InChI=1S/C10H16N2O2/c1-7(6-13)12-9-3-8(11)4-10(5-9)14-2/h3-5,7,12-13H,6,11H2,1-2H3. The van der Waals surface area contributed by atoms with E-state index in [2.05, 4.69) is 5.32 Å². The van der Waals surface area contributed by atoms with Gasteiger partial charge in [0.25, 0.3) is 0 Å². The fourth-order valence-corrected chi connectivity index (χ4v) is 1.15.